The van der Waals surface area contributed by atoms with E-state index in [4.69, 9.17) is 25.8 Å². The summed E-state index contributed by atoms with van der Waals surface area (Å²) in [6.45, 7) is -0.380. The molecule has 17 heavy (non-hydrogen) atoms. The summed E-state index contributed by atoms with van der Waals surface area (Å²) in [6.07, 6.45) is 0.960. The number of hydrogen-bond acceptors (Lipinski definition) is 3. The van der Waals surface area contributed by atoms with Crippen LogP contribution in [0.5, 0.6) is 17.2 Å². The zero-order chi connectivity index (χ0) is 12.8. The molecule has 0 spiro atoms. The van der Waals surface area contributed by atoms with E-state index in [1.807, 2.05) is 0 Å². The Kier molecular flexibility index (Phi) is 5.35. The highest BCUT2D eigenvalue weighted by molar-refractivity contribution is 6.32. The van der Waals surface area contributed by atoms with Crippen LogP contribution in [0.3, 0.4) is 0 Å². The summed E-state index contributed by atoms with van der Waals surface area (Å²) in [6, 6.07) is 1.72. The van der Waals surface area contributed by atoms with E-state index in [-0.39, 0.29) is 6.67 Å². The minimum Gasteiger partial charge on any atom is -0.492 e. The average molecular weight is 263 g/mol. The van der Waals surface area contributed by atoms with Crippen molar-refractivity contribution >= 4 is 11.6 Å². The van der Waals surface area contributed by atoms with Gasteiger partial charge in [-0.3, -0.25) is 4.39 Å². The summed E-state index contributed by atoms with van der Waals surface area (Å²) in [4.78, 5) is 0. The molecule has 0 fully saturated rings. The molecule has 0 radical (unpaired) electrons. The fraction of sp³-hybridized carbons (Fsp3) is 0.500. The van der Waals surface area contributed by atoms with E-state index in [2.05, 4.69) is 0 Å². The second-order valence-electron chi connectivity index (χ2n) is 3.41. The summed E-state index contributed by atoms with van der Waals surface area (Å²) in [7, 11) is 4.55. The SMILES string of the molecule is COc1c(Cl)cc(CCCF)c(OC)c1OC. The summed E-state index contributed by atoms with van der Waals surface area (Å²) in [5.74, 6) is 1.41. The normalized spacial score (nSPS) is 10.2. The van der Waals surface area contributed by atoms with Crippen molar-refractivity contribution in [3.8, 4) is 17.2 Å². The van der Waals surface area contributed by atoms with Crippen molar-refractivity contribution in [1.82, 2.24) is 0 Å². The van der Waals surface area contributed by atoms with Crippen molar-refractivity contribution in [2.24, 2.45) is 0 Å². The van der Waals surface area contributed by atoms with E-state index in [1.54, 1.807) is 6.07 Å². The molecule has 0 saturated carbocycles. The van der Waals surface area contributed by atoms with Crippen molar-refractivity contribution in [3.63, 3.8) is 0 Å². The molecule has 1 aromatic carbocycles. The molecule has 0 aromatic heterocycles. The highest BCUT2D eigenvalue weighted by atomic mass is 35.5. The van der Waals surface area contributed by atoms with E-state index in [9.17, 15) is 4.39 Å². The van der Waals surface area contributed by atoms with E-state index >= 15 is 0 Å². The van der Waals surface area contributed by atoms with Gasteiger partial charge in [0.1, 0.15) is 0 Å². The quantitative estimate of drug-likeness (QED) is 0.788. The van der Waals surface area contributed by atoms with Gasteiger partial charge in [0.2, 0.25) is 5.75 Å². The van der Waals surface area contributed by atoms with Crippen molar-refractivity contribution < 1.29 is 18.6 Å². The molecule has 0 N–H and O–H groups in total. The van der Waals surface area contributed by atoms with E-state index in [0.29, 0.717) is 35.1 Å². The molecule has 0 saturated heterocycles. The Morgan fingerprint density at radius 3 is 2.12 bits per heavy atom. The van der Waals surface area contributed by atoms with Crippen LogP contribution >= 0.6 is 11.6 Å². The Morgan fingerprint density at radius 2 is 1.65 bits per heavy atom. The van der Waals surface area contributed by atoms with Gasteiger partial charge in [-0.1, -0.05) is 11.6 Å². The molecule has 0 atom stereocenters. The molecule has 0 aliphatic rings. The first-order chi connectivity index (χ1) is 8.19. The lowest BCUT2D eigenvalue weighted by Gasteiger charge is -2.16. The Balaban J connectivity index is 3.26. The van der Waals surface area contributed by atoms with Gasteiger partial charge < -0.3 is 14.2 Å². The number of halogens is 2. The van der Waals surface area contributed by atoms with Crippen LogP contribution in [-0.2, 0) is 6.42 Å². The predicted octanol–water partition coefficient (Wildman–Crippen LogP) is 3.27. The van der Waals surface area contributed by atoms with Crippen LogP contribution in [0.15, 0.2) is 6.07 Å². The third-order valence-corrected chi connectivity index (χ3v) is 2.69. The molecule has 0 heterocycles. The summed E-state index contributed by atoms with van der Waals surface area (Å²) >= 11 is 6.07. The molecular weight excluding hydrogens is 247 g/mol. The Morgan fingerprint density at radius 1 is 1.06 bits per heavy atom. The lowest BCUT2D eigenvalue weighted by molar-refractivity contribution is 0.321. The number of hydrogen-bond donors (Lipinski definition) is 0. The van der Waals surface area contributed by atoms with Crippen LogP contribution in [0.25, 0.3) is 0 Å². The van der Waals surface area contributed by atoms with Crippen LogP contribution in [-0.4, -0.2) is 28.0 Å². The molecule has 0 unspecified atom stereocenters. The van der Waals surface area contributed by atoms with E-state index in [0.717, 1.165) is 5.56 Å². The highest BCUT2D eigenvalue weighted by Crippen LogP contribution is 2.45. The van der Waals surface area contributed by atoms with Crippen LogP contribution < -0.4 is 14.2 Å². The number of rotatable bonds is 6. The van der Waals surface area contributed by atoms with Crippen LogP contribution in [0, 0.1) is 0 Å². The number of methoxy groups -OCH3 is 3. The molecule has 1 aromatic rings. The zero-order valence-corrected chi connectivity index (χ0v) is 10.9. The van der Waals surface area contributed by atoms with Gasteiger partial charge in [-0.2, -0.15) is 0 Å². The lowest BCUT2D eigenvalue weighted by Crippen LogP contribution is -2.00. The van der Waals surface area contributed by atoms with Crippen LogP contribution in [0.4, 0.5) is 4.39 Å². The fourth-order valence-corrected chi connectivity index (χ4v) is 1.98. The first-order valence-electron chi connectivity index (χ1n) is 5.22. The van der Waals surface area contributed by atoms with E-state index < -0.39 is 0 Å². The topological polar surface area (TPSA) is 27.7 Å². The average Bonchev–Trinajstić information content (AvgIpc) is 2.35. The van der Waals surface area contributed by atoms with Gasteiger partial charge in [-0.15, -0.1) is 0 Å². The van der Waals surface area contributed by atoms with Crippen LogP contribution in [0.2, 0.25) is 5.02 Å². The number of benzene rings is 1. The monoisotopic (exact) mass is 262 g/mol. The zero-order valence-electron chi connectivity index (χ0n) is 10.2. The molecule has 3 nitrogen and oxygen atoms in total. The standard InChI is InChI=1S/C12H16ClFO3/c1-15-10-8(5-4-6-14)7-9(13)11(16-2)12(10)17-3/h7H,4-6H2,1-3H3. The summed E-state index contributed by atoms with van der Waals surface area (Å²) in [5.41, 5.74) is 0.813. The number of aryl methyl sites for hydroxylation is 1. The smallest absolute Gasteiger partial charge is 0.205 e. The third kappa shape index (κ3) is 2.94. The second kappa shape index (κ2) is 6.55. The molecule has 1 rings (SSSR count). The molecule has 0 bridgehead atoms. The minimum absolute atomic E-state index is 0.380. The first-order valence-corrected chi connectivity index (χ1v) is 5.60. The van der Waals surface area contributed by atoms with Gasteiger partial charge in [-0.25, -0.2) is 0 Å². The Bertz CT molecular complexity index is 383. The molecule has 96 valence electrons. The van der Waals surface area contributed by atoms with Gasteiger partial charge in [0.25, 0.3) is 0 Å². The predicted molar refractivity (Wildman–Crippen MR) is 65.4 cm³/mol. The van der Waals surface area contributed by atoms with Crippen molar-refractivity contribution in [1.29, 1.82) is 0 Å². The number of alkyl halides is 1. The first kappa shape index (κ1) is 13.9. The van der Waals surface area contributed by atoms with E-state index in [1.165, 1.54) is 21.3 Å². The van der Waals surface area contributed by atoms with Crippen molar-refractivity contribution in [2.75, 3.05) is 28.0 Å². The molecule has 0 amide bonds. The maximum atomic E-state index is 12.2. The highest BCUT2D eigenvalue weighted by Gasteiger charge is 2.19. The van der Waals surface area contributed by atoms with Gasteiger partial charge in [0.05, 0.1) is 33.0 Å². The Hall–Kier alpha value is -1.16. The minimum atomic E-state index is -0.380. The fourth-order valence-electron chi connectivity index (χ4n) is 1.68. The van der Waals surface area contributed by atoms with Crippen molar-refractivity contribution in [3.05, 3.63) is 16.7 Å². The molecule has 0 aliphatic heterocycles. The summed E-state index contributed by atoms with van der Waals surface area (Å²) < 4.78 is 27.9. The van der Waals surface area contributed by atoms with Gasteiger partial charge in [-0.05, 0) is 24.5 Å². The van der Waals surface area contributed by atoms with Gasteiger partial charge >= 0.3 is 0 Å². The molecule has 0 aliphatic carbocycles. The molecule has 5 heteroatoms. The van der Waals surface area contributed by atoms with Gasteiger partial charge in [0.15, 0.2) is 11.5 Å². The number of ether oxygens (including phenoxy) is 3. The van der Waals surface area contributed by atoms with Gasteiger partial charge in [0, 0.05) is 0 Å². The van der Waals surface area contributed by atoms with Crippen molar-refractivity contribution in [2.45, 2.75) is 12.8 Å². The largest absolute Gasteiger partial charge is 0.492 e. The van der Waals surface area contributed by atoms with Crippen LogP contribution in [0.1, 0.15) is 12.0 Å². The second-order valence-corrected chi connectivity index (χ2v) is 3.82. The third-order valence-electron chi connectivity index (χ3n) is 2.41. The Labute approximate surface area is 105 Å². The summed E-state index contributed by atoms with van der Waals surface area (Å²) in [5, 5.41) is 0.430. The maximum Gasteiger partial charge on any atom is 0.205 e. The molecular formula is C12H16ClFO3. The maximum absolute atomic E-state index is 12.2. The lowest BCUT2D eigenvalue weighted by atomic mass is 10.1.